The highest BCUT2D eigenvalue weighted by Crippen LogP contribution is 2.17. The van der Waals surface area contributed by atoms with E-state index in [1.54, 1.807) is 0 Å². The molecule has 21 heavy (non-hydrogen) atoms. The van der Waals surface area contributed by atoms with Crippen LogP contribution in [0, 0.1) is 5.82 Å². The van der Waals surface area contributed by atoms with Crippen molar-refractivity contribution in [2.45, 2.75) is 19.4 Å². The Morgan fingerprint density at radius 1 is 1.38 bits per heavy atom. The van der Waals surface area contributed by atoms with E-state index in [0.717, 1.165) is 6.07 Å². The Hall–Kier alpha value is -1.96. The molecule has 0 aromatic heterocycles. The summed E-state index contributed by atoms with van der Waals surface area (Å²) in [5.74, 6) is -2.71. The average molecular weight is 361 g/mol. The summed E-state index contributed by atoms with van der Waals surface area (Å²) >= 11 is 3.13. The summed E-state index contributed by atoms with van der Waals surface area (Å²) in [5.41, 5.74) is 0.120. The van der Waals surface area contributed by atoms with Crippen molar-refractivity contribution in [3.8, 4) is 0 Å². The number of carboxylic acids is 1. The first kappa shape index (κ1) is 17.1. The molecule has 0 aliphatic heterocycles. The van der Waals surface area contributed by atoms with Crippen LogP contribution in [0.25, 0.3) is 0 Å². The number of carbonyl (C=O) groups is 3. The van der Waals surface area contributed by atoms with Gasteiger partial charge in [-0.1, -0.05) is 0 Å². The van der Waals surface area contributed by atoms with Gasteiger partial charge in [-0.05, 0) is 41.1 Å². The minimum Gasteiger partial charge on any atom is -0.480 e. The third kappa shape index (κ3) is 5.50. The van der Waals surface area contributed by atoms with Crippen molar-refractivity contribution in [3.63, 3.8) is 0 Å². The van der Waals surface area contributed by atoms with E-state index in [2.05, 4.69) is 26.6 Å². The first-order chi connectivity index (χ1) is 9.81. The molecule has 0 radical (unpaired) electrons. The topological polar surface area (TPSA) is 95.5 Å². The van der Waals surface area contributed by atoms with Gasteiger partial charge in [-0.2, -0.15) is 0 Å². The van der Waals surface area contributed by atoms with Crippen LogP contribution in [0.15, 0.2) is 22.7 Å². The summed E-state index contributed by atoms with van der Waals surface area (Å²) in [6, 6.07) is 2.70. The van der Waals surface area contributed by atoms with Gasteiger partial charge in [0.2, 0.25) is 5.91 Å². The highest BCUT2D eigenvalue weighted by molar-refractivity contribution is 9.10. The van der Waals surface area contributed by atoms with Gasteiger partial charge < -0.3 is 15.7 Å². The third-order valence-electron chi connectivity index (χ3n) is 2.56. The highest BCUT2D eigenvalue weighted by Gasteiger charge is 2.15. The molecule has 6 nitrogen and oxygen atoms in total. The number of hydrogen-bond donors (Lipinski definition) is 3. The number of carbonyl (C=O) groups excluding carboxylic acids is 2. The first-order valence-corrected chi connectivity index (χ1v) is 6.86. The smallest absolute Gasteiger partial charge is 0.325 e. The van der Waals surface area contributed by atoms with Gasteiger partial charge in [0.15, 0.2) is 0 Å². The van der Waals surface area contributed by atoms with E-state index in [1.807, 2.05) is 0 Å². The van der Waals surface area contributed by atoms with E-state index >= 15 is 0 Å². The van der Waals surface area contributed by atoms with Gasteiger partial charge in [0.05, 0.1) is 5.56 Å². The monoisotopic (exact) mass is 360 g/mol. The molecule has 0 saturated heterocycles. The third-order valence-corrected chi connectivity index (χ3v) is 3.25. The summed E-state index contributed by atoms with van der Waals surface area (Å²) < 4.78 is 13.5. The summed E-state index contributed by atoms with van der Waals surface area (Å²) in [7, 11) is 0. The van der Waals surface area contributed by atoms with E-state index < -0.39 is 29.6 Å². The lowest BCUT2D eigenvalue weighted by atomic mass is 10.2. The zero-order valence-electron chi connectivity index (χ0n) is 11.2. The fourth-order valence-corrected chi connectivity index (χ4v) is 1.86. The molecule has 1 aromatic rings. The minimum atomic E-state index is -1.14. The number of nitrogens with one attached hydrogen (secondary N) is 2. The van der Waals surface area contributed by atoms with Crippen LogP contribution < -0.4 is 10.6 Å². The van der Waals surface area contributed by atoms with E-state index in [1.165, 1.54) is 19.1 Å². The Morgan fingerprint density at radius 2 is 2.05 bits per heavy atom. The van der Waals surface area contributed by atoms with Gasteiger partial charge in [0, 0.05) is 17.4 Å². The van der Waals surface area contributed by atoms with Crippen LogP contribution in [0.2, 0.25) is 0 Å². The molecule has 8 heteroatoms. The molecule has 114 valence electrons. The molecule has 0 bridgehead atoms. The summed E-state index contributed by atoms with van der Waals surface area (Å²) in [6.45, 7) is 1.35. The van der Waals surface area contributed by atoms with Crippen LogP contribution in [-0.4, -0.2) is 35.5 Å². The largest absolute Gasteiger partial charge is 0.480 e. The maximum Gasteiger partial charge on any atom is 0.325 e. The Morgan fingerprint density at radius 3 is 2.67 bits per heavy atom. The zero-order chi connectivity index (χ0) is 16.0. The van der Waals surface area contributed by atoms with Crippen LogP contribution in [0.3, 0.4) is 0 Å². The van der Waals surface area contributed by atoms with Gasteiger partial charge in [-0.15, -0.1) is 0 Å². The number of aliphatic carboxylic acids is 1. The normalized spacial score (nSPS) is 11.6. The molecule has 1 unspecified atom stereocenters. The molecule has 1 aromatic carbocycles. The molecular formula is C13H14BrFN2O4. The zero-order valence-corrected chi connectivity index (χ0v) is 12.7. The number of rotatable bonds is 6. The van der Waals surface area contributed by atoms with Crippen molar-refractivity contribution in [2.75, 3.05) is 6.54 Å². The summed E-state index contributed by atoms with van der Waals surface area (Å²) in [4.78, 5) is 33.7. The fraction of sp³-hybridized carbons (Fsp3) is 0.308. The molecule has 0 aliphatic rings. The molecule has 0 saturated carbocycles. The molecule has 2 amide bonds. The second-order valence-corrected chi connectivity index (χ2v) is 5.11. The average Bonchev–Trinajstić information content (AvgIpc) is 2.41. The lowest BCUT2D eigenvalue weighted by Crippen LogP contribution is -2.39. The number of carboxylic acid groups (broad SMARTS) is 1. The van der Waals surface area contributed by atoms with E-state index in [9.17, 15) is 18.8 Å². The van der Waals surface area contributed by atoms with E-state index in [4.69, 9.17) is 5.11 Å². The Balaban J connectivity index is 2.45. The second-order valence-electron chi connectivity index (χ2n) is 4.26. The van der Waals surface area contributed by atoms with Crippen molar-refractivity contribution in [3.05, 3.63) is 34.1 Å². The van der Waals surface area contributed by atoms with Crippen LogP contribution >= 0.6 is 15.9 Å². The SMILES string of the molecule is CC(NC(=O)CCNC(=O)c1cc(F)ccc1Br)C(=O)O. The van der Waals surface area contributed by atoms with E-state index in [0.29, 0.717) is 4.47 Å². The first-order valence-electron chi connectivity index (χ1n) is 6.06. The molecule has 3 N–H and O–H groups in total. The molecular weight excluding hydrogens is 347 g/mol. The molecule has 0 fully saturated rings. The van der Waals surface area contributed by atoms with Gasteiger partial charge in [0.25, 0.3) is 5.91 Å². The van der Waals surface area contributed by atoms with Gasteiger partial charge in [0.1, 0.15) is 11.9 Å². The fourth-order valence-electron chi connectivity index (χ4n) is 1.43. The molecule has 1 atom stereocenters. The minimum absolute atomic E-state index is 0.0138. The summed E-state index contributed by atoms with van der Waals surface area (Å²) in [6.07, 6.45) is -0.0731. The van der Waals surface area contributed by atoms with Crippen LogP contribution in [0.1, 0.15) is 23.7 Å². The molecule has 0 aliphatic carbocycles. The summed E-state index contributed by atoms with van der Waals surface area (Å²) in [5, 5.41) is 13.3. The quantitative estimate of drug-likeness (QED) is 0.712. The van der Waals surface area contributed by atoms with Crippen LogP contribution in [-0.2, 0) is 9.59 Å². The second kappa shape index (κ2) is 7.72. The van der Waals surface area contributed by atoms with Gasteiger partial charge >= 0.3 is 5.97 Å². The van der Waals surface area contributed by atoms with Crippen molar-refractivity contribution >= 4 is 33.7 Å². The maximum atomic E-state index is 13.1. The van der Waals surface area contributed by atoms with Crippen molar-refractivity contribution in [1.82, 2.24) is 10.6 Å². The molecule has 1 rings (SSSR count). The molecule has 0 heterocycles. The molecule has 0 spiro atoms. The van der Waals surface area contributed by atoms with Crippen LogP contribution in [0.4, 0.5) is 4.39 Å². The highest BCUT2D eigenvalue weighted by atomic mass is 79.9. The Kier molecular flexibility index (Phi) is 6.29. The standard InChI is InChI=1S/C13H14BrFN2O4/c1-7(13(20)21)17-11(18)4-5-16-12(19)9-6-8(15)2-3-10(9)14/h2-3,6-7H,4-5H2,1H3,(H,16,19)(H,17,18)(H,20,21). The lowest BCUT2D eigenvalue weighted by molar-refractivity contribution is -0.141. The predicted molar refractivity (Wildman–Crippen MR) is 76.3 cm³/mol. The van der Waals surface area contributed by atoms with Crippen LogP contribution in [0.5, 0.6) is 0 Å². The van der Waals surface area contributed by atoms with Crippen molar-refractivity contribution in [2.24, 2.45) is 0 Å². The number of hydrogen-bond acceptors (Lipinski definition) is 3. The number of benzene rings is 1. The Bertz CT molecular complexity index is 565. The van der Waals surface area contributed by atoms with Crippen molar-refractivity contribution in [1.29, 1.82) is 0 Å². The van der Waals surface area contributed by atoms with Gasteiger partial charge in [-0.3, -0.25) is 14.4 Å². The maximum absolute atomic E-state index is 13.1. The lowest BCUT2D eigenvalue weighted by Gasteiger charge is -2.10. The number of halogens is 2. The van der Waals surface area contributed by atoms with Gasteiger partial charge in [-0.25, -0.2) is 4.39 Å². The number of amides is 2. The Labute approximate surface area is 128 Å². The van der Waals surface area contributed by atoms with Crippen molar-refractivity contribution < 1.29 is 23.9 Å². The predicted octanol–water partition coefficient (Wildman–Crippen LogP) is 1.30. The van der Waals surface area contributed by atoms with E-state index in [-0.39, 0.29) is 18.5 Å².